The molecule has 0 aliphatic heterocycles. The molecule has 0 aliphatic carbocycles. The molecule has 0 spiro atoms. The molecule has 10 aromatic carbocycles. The smallest absolute Gasteiger partial charge is 0.189 e. The van der Waals surface area contributed by atoms with Crippen molar-refractivity contribution in [3.05, 3.63) is 286 Å². The molecule has 8 nitrogen and oxygen atoms in total. The maximum Gasteiger partial charge on any atom is 0.189 e. The number of hydrogen-bond donors (Lipinski definition) is 0. The minimum atomic E-state index is 0.605. The predicted molar refractivity (Wildman–Crippen MR) is 367 cm³/mol. The van der Waals surface area contributed by atoms with Crippen LogP contribution < -0.4 is 0 Å². The van der Waals surface area contributed by atoms with E-state index in [1.54, 1.807) is 0 Å². The van der Waals surface area contributed by atoms with Gasteiger partial charge in [-0.05, 0) is 184 Å². The van der Waals surface area contributed by atoms with Crippen molar-refractivity contribution in [1.29, 1.82) is 0 Å². The van der Waals surface area contributed by atoms with Crippen LogP contribution in [0.15, 0.2) is 219 Å². The predicted octanol–water partition coefficient (Wildman–Crippen LogP) is 21.5. The number of fused-ring (bicyclic) bond motifs is 12. The Labute approximate surface area is 510 Å². The number of aromatic nitrogens is 6. The van der Waals surface area contributed by atoms with Gasteiger partial charge in [0.1, 0.15) is 0 Å². The molecule has 0 unspecified atom stereocenters. The minimum Gasteiger partial charge on any atom is -0.310 e. The summed E-state index contributed by atoms with van der Waals surface area (Å²) in [5.41, 5.74) is 28.2. The third kappa shape index (κ3) is 8.64. The largest absolute Gasteiger partial charge is 0.310 e. The van der Waals surface area contributed by atoms with Crippen molar-refractivity contribution in [3.8, 4) is 45.0 Å². The van der Waals surface area contributed by atoms with Gasteiger partial charge in [0.25, 0.3) is 0 Å². The Morgan fingerprint density at radius 3 is 0.830 bits per heavy atom. The highest BCUT2D eigenvalue weighted by Gasteiger charge is 2.24. The van der Waals surface area contributed by atoms with Gasteiger partial charge in [0.05, 0.1) is 86.7 Å². The molecule has 0 radical (unpaired) electrons. The SMILES string of the molecule is [C-]#[N+]c1ccc(-c2ccncc2-n2c3cc(C)ccc3c3ccc(C)cc32)c(-n2c3cc(C)ccc3c3ccc(C)cc32)c1.[C-]#[N+]c1ccc(-n2c3cc(C)ccc3c3ccc(C)cc32)c(-c2ccncc2-n2c3cc(C)ccc3c3ccc(C)cc32)c1. The first-order valence-electron chi connectivity index (χ1n) is 29.8. The molecule has 0 saturated carbocycles. The second-order valence-corrected chi connectivity index (χ2v) is 23.9. The van der Waals surface area contributed by atoms with Crippen LogP contribution in [0.4, 0.5) is 11.4 Å². The highest BCUT2D eigenvalue weighted by molar-refractivity contribution is 6.14. The molecule has 88 heavy (non-hydrogen) atoms. The van der Waals surface area contributed by atoms with Gasteiger partial charge in [0.15, 0.2) is 11.4 Å². The van der Waals surface area contributed by atoms with Gasteiger partial charge < -0.3 is 18.3 Å². The number of pyridine rings is 2. The first-order valence-corrected chi connectivity index (χ1v) is 29.8. The minimum absolute atomic E-state index is 0.605. The Bertz CT molecular complexity index is 5470. The molecule has 6 heterocycles. The van der Waals surface area contributed by atoms with Gasteiger partial charge >= 0.3 is 0 Å². The zero-order valence-corrected chi connectivity index (χ0v) is 50.4. The number of aryl methyl sites for hydroxylation is 8. The van der Waals surface area contributed by atoms with E-state index in [0.29, 0.717) is 11.4 Å². The summed E-state index contributed by atoms with van der Waals surface area (Å²) in [5, 5.41) is 9.70. The Hall–Kier alpha value is -11.3. The highest BCUT2D eigenvalue weighted by Crippen LogP contribution is 2.45. The number of benzene rings is 10. The van der Waals surface area contributed by atoms with Crippen LogP contribution in [0.3, 0.4) is 0 Å². The Kier molecular flexibility index (Phi) is 12.6. The van der Waals surface area contributed by atoms with E-state index in [1.807, 2.05) is 49.1 Å². The standard InChI is InChI=1S/2C40H30N4/c1-24-6-11-29-30-12-7-25(2)19-37(30)43(36(29)18-24)35-15-10-28(41-5)22-34(35)33-16-17-42-23-40(33)44-38-20-26(3)8-13-31(38)32-14-9-27(4)21-39(32)44;1-24-6-11-29-30-12-7-25(2)19-36(30)43(35(29)18-24)39-22-28(41-5)10-15-33(39)34-16-17-42-23-40(34)44-37-20-26(3)8-13-31(37)32-14-9-27(4)21-38(32)44/h2*6-23H,1-4H3. The van der Waals surface area contributed by atoms with E-state index in [0.717, 1.165) is 89.1 Å². The van der Waals surface area contributed by atoms with Crippen LogP contribution in [-0.2, 0) is 0 Å². The van der Waals surface area contributed by atoms with E-state index in [-0.39, 0.29) is 0 Å². The van der Waals surface area contributed by atoms with Crippen molar-refractivity contribution < 1.29 is 0 Å². The van der Waals surface area contributed by atoms with Crippen LogP contribution in [0.2, 0.25) is 0 Å². The van der Waals surface area contributed by atoms with Crippen molar-refractivity contribution in [3.63, 3.8) is 0 Å². The van der Waals surface area contributed by atoms with Crippen LogP contribution >= 0.6 is 0 Å². The van der Waals surface area contributed by atoms with Crippen molar-refractivity contribution in [1.82, 2.24) is 28.2 Å². The molecule has 0 N–H and O–H groups in total. The summed E-state index contributed by atoms with van der Waals surface area (Å²) in [4.78, 5) is 17.0. The molecule has 0 bridgehead atoms. The molecule has 16 aromatic rings. The van der Waals surface area contributed by atoms with Crippen molar-refractivity contribution in [2.75, 3.05) is 0 Å². The van der Waals surface area contributed by atoms with Gasteiger partial charge in [-0.2, -0.15) is 0 Å². The average Bonchev–Trinajstić information content (AvgIpc) is 1.64. The summed E-state index contributed by atoms with van der Waals surface area (Å²) in [6.45, 7) is 33.0. The summed E-state index contributed by atoms with van der Waals surface area (Å²) in [7, 11) is 0. The first-order chi connectivity index (χ1) is 42.8. The van der Waals surface area contributed by atoms with Crippen molar-refractivity contribution >= 4 is 98.6 Å². The third-order valence-corrected chi connectivity index (χ3v) is 17.7. The van der Waals surface area contributed by atoms with E-state index >= 15 is 0 Å². The summed E-state index contributed by atoms with van der Waals surface area (Å²) in [6.07, 6.45) is 7.67. The maximum absolute atomic E-state index is 7.92. The Morgan fingerprint density at radius 2 is 0.511 bits per heavy atom. The molecule has 6 aromatic heterocycles. The molecule has 0 atom stereocenters. The summed E-state index contributed by atoms with van der Waals surface area (Å²) in [5.74, 6) is 0. The summed E-state index contributed by atoms with van der Waals surface area (Å²) >= 11 is 0. The molecule has 0 fully saturated rings. The average molecular weight is 1130 g/mol. The lowest BCUT2D eigenvalue weighted by molar-refractivity contribution is 1.13. The molecule has 0 saturated heterocycles. The van der Waals surface area contributed by atoms with Crippen LogP contribution in [0.25, 0.3) is 142 Å². The quantitative estimate of drug-likeness (QED) is 0.156. The fraction of sp³-hybridized carbons (Fsp3) is 0.100. The zero-order valence-electron chi connectivity index (χ0n) is 50.4. The zero-order chi connectivity index (χ0) is 60.2. The van der Waals surface area contributed by atoms with Gasteiger partial charge in [-0.1, -0.05) is 115 Å². The van der Waals surface area contributed by atoms with Crippen molar-refractivity contribution in [2.24, 2.45) is 0 Å². The van der Waals surface area contributed by atoms with E-state index < -0.39 is 0 Å². The number of rotatable bonds is 6. The first kappa shape index (κ1) is 53.4. The van der Waals surface area contributed by atoms with Crippen LogP contribution in [-0.4, -0.2) is 28.2 Å². The Balaban J connectivity index is 0.000000148. The van der Waals surface area contributed by atoms with E-state index in [9.17, 15) is 0 Å². The van der Waals surface area contributed by atoms with E-state index in [4.69, 9.17) is 13.1 Å². The van der Waals surface area contributed by atoms with Crippen LogP contribution in [0.1, 0.15) is 44.5 Å². The lowest BCUT2D eigenvalue weighted by Gasteiger charge is -2.19. The normalized spacial score (nSPS) is 11.6. The second-order valence-electron chi connectivity index (χ2n) is 23.9. The van der Waals surface area contributed by atoms with Crippen LogP contribution in [0.5, 0.6) is 0 Å². The van der Waals surface area contributed by atoms with E-state index in [2.05, 4.69) is 263 Å². The van der Waals surface area contributed by atoms with Crippen molar-refractivity contribution in [2.45, 2.75) is 55.4 Å². The number of hydrogen-bond acceptors (Lipinski definition) is 2. The molecule has 16 rings (SSSR count). The molecule has 0 amide bonds. The van der Waals surface area contributed by atoms with Gasteiger partial charge in [-0.25, -0.2) is 9.69 Å². The van der Waals surface area contributed by atoms with Gasteiger partial charge in [-0.15, -0.1) is 0 Å². The second kappa shape index (κ2) is 20.7. The highest BCUT2D eigenvalue weighted by atomic mass is 15.0. The lowest BCUT2D eigenvalue weighted by atomic mass is 10.0. The van der Waals surface area contributed by atoms with Gasteiger partial charge in [-0.3, -0.25) is 9.97 Å². The van der Waals surface area contributed by atoms with Crippen LogP contribution in [0, 0.1) is 68.5 Å². The Morgan fingerprint density at radius 1 is 0.250 bits per heavy atom. The fourth-order valence-electron chi connectivity index (χ4n) is 13.6. The third-order valence-electron chi connectivity index (χ3n) is 17.7. The topological polar surface area (TPSA) is 54.2 Å². The maximum atomic E-state index is 7.92. The lowest BCUT2D eigenvalue weighted by Crippen LogP contribution is -2.02. The summed E-state index contributed by atoms with van der Waals surface area (Å²) in [6, 6.07) is 69.7. The number of nitrogens with zero attached hydrogens (tertiary/aromatic N) is 8. The molecule has 0 aliphatic rings. The van der Waals surface area contributed by atoms with Gasteiger partial charge in [0.2, 0.25) is 0 Å². The van der Waals surface area contributed by atoms with Gasteiger partial charge in [0, 0.05) is 77.9 Å². The molecule has 8 heteroatoms. The molecule has 420 valence electrons. The fourth-order valence-corrected chi connectivity index (χ4v) is 13.6. The monoisotopic (exact) mass is 1130 g/mol. The summed E-state index contributed by atoms with van der Waals surface area (Å²) < 4.78 is 9.43. The van der Waals surface area contributed by atoms with E-state index in [1.165, 1.54) is 87.6 Å². The molecular weight excluding hydrogens is 1070 g/mol. The molecular formula is C80H60N8.